The average Bonchev–Trinajstić information content (AvgIpc) is 2.57. The third-order valence-corrected chi connectivity index (χ3v) is 4.81. The van der Waals surface area contributed by atoms with Crippen molar-refractivity contribution in [3.05, 3.63) is 35.4 Å². The first-order chi connectivity index (χ1) is 13.1. The molecule has 0 aromatic heterocycles. The van der Waals surface area contributed by atoms with Gasteiger partial charge in [0.1, 0.15) is 20.4 Å². The lowest BCUT2D eigenvalue weighted by Crippen LogP contribution is -2.45. The maximum Gasteiger partial charge on any atom is 0.598 e. The van der Waals surface area contributed by atoms with E-state index in [9.17, 15) is 9.18 Å². The summed E-state index contributed by atoms with van der Waals surface area (Å²) in [5.74, 6) is 3.20. The number of ether oxygens (including phenoxy) is 2. The van der Waals surface area contributed by atoms with Crippen LogP contribution in [0.15, 0.2) is 24.3 Å². The molecule has 29 heavy (non-hydrogen) atoms. The van der Waals surface area contributed by atoms with E-state index in [0.717, 1.165) is 15.7 Å². The zero-order valence-electron chi connectivity index (χ0n) is 19.1. The van der Waals surface area contributed by atoms with Gasteiger partial charge in [0, 0.05) is 25.8 Å². The van der Waals surface area contributed by atoms with Crippen molar-refractivity contribution in [3.8, 4) is 11.5 Å². The molecule has 160 valence electrons. The summed E-state index contributed by atoms with van der Waals surface area (Å²) < 4.78 is 25.8. The predicted octanol–water partition coefficient (Wildman–Crippen LogP) is 5.72. The lowest BCUT2D eigenvalue weighted by molar-refractivity contribution is -0.589. The molecule has 0 saturated carbocycles. The molecular weight excluding hydrogens is 385 g/mol. The van der Waals surface area contributed by atoms with Crippen LogP contribution in [-0.4, -0.2) is 43.5 Å². The average molecular weight is 421 g/mol. The van der Waals surface area contributed by atoms with Crippen LogP contribution < -0.4 is 0 Å². The third-order valence-electron chi connectivity index (χ3n) is 3.93. The topological polar surface area (TPSA) is 38.5 Å². The molecule has 0 aliphatic carbocycles. The summed E-state index contributed by atoms with van der Waals surface area (Å²) in [4.78, 5) is 12.4. The Kier molecular flexibility index (Phi) is 8.37. The van der Waals surface area contributed by atoms with E-state index in [4.69, 9.17) is 9.47 Å². The number of hydrogen-bond donors (Lipinski definition) is 0. The fraction of sp³-hybridized carbons (Fsp3) is 0.565. The smallest absolute Gasteiger partial charge is 0.406 e. The number of carbonyl (C=O) groups excluding carboxylic acids is 1. The second kappa shape index (κ2) is 9.68. The minimum atomic E-state index is -1.45. The second-order valence-electron chi connectivity index (χ2n) is 9.56. The van der Waals surface area contributed by atoms with Crippen LogP contribution in [0.5, 0.6) is 0 Å². The number of alkyl halides is 1. The molecule has 0 aliphatic rings. The van der Waals surface area contributed by atoms with Crippen molar-refractivity contribution in [3.63, 3.8) is 0 Å². The van der Waals surface area contributed by atoms with Gasteiger partial charge in [-0.15, -0.1) is 10.1 Å². The zero-order chi connectivity index (χ0) is 22.5. The highest BCUT2D eigenvalue weighted by Crippen LogP contribution is 2.28. The van der Waals surface area contributed by atoms with Crippen LogP contribution in [0.25, 0.3) is 0 Å². The highest BCUT2D eigenvalue weighted by Gasteiger charge is 2.41. The molecule has 0 radical (unpaired) electrons. The van der Waals surface area contributed by atoms with Gasteiger partial charge in [0.2, 0.25) is 0 Å². The van der Waals surface area contributed by atoms with Gasteiger partial charge in [-0.3, -0.25) is 4.39 Å². The fourth-order valence-corrected chi connectivity index (χ4v) is 2.90. The van der Waals surface area contributed by atoms with Crippen molar-refractivity contribution in [2.45, 2.75) is 78.1 Å². The Hall–Kier alpha value is -1.97. The molecule has 1 amide bonds. The van der Waals surface area contributed by atoms with Crippen LogP contribution in [0, 0.1) is 11.5 Å². The molecule has 1 aromatic rings. The minimum Gasteiger partial charge on any atom is -0.406 e. The van der Waals surface area contributed by atoms with Crippen LogP contribution in [-0.2, 0) is 9.47 Å². The van der Waals surface area contributed by atoms with Gasteiger partial charge in [-0.05, 0) is 38.5 Å². The van der Waals surface area contributed by atoms with E-state index in [1.807, 2.05) is 24.3 Å². The van der Waals surface area contributed by atoms with E-state index in [1.54, 1.807) is 34.6 Å². The molecule has 0 saturated heterocycles. The van der Waals surface area contributed by atoms with Crippen molar-refractivity contribution >= 4 is 20.9 Å². The summed E-state index contributed by atoms with van der Waals surface area (Å²) in [6.45, 7) is 18.6. The van der Waals surface area contributed by atoms with Crippen molar-refractivity contribution in [1.82, 2.24) is 0 Å². The summed E-state index contributed by atoms with van der Waals surface area (Å²) in [6.07, 6.45) is -0.954. The molecule has 1 unspecified atom stereocenters. The van der Waals surface area contributed by atoms with E-state index in [0.29, 0.717) is 0 Å². The molecule has 4 nitrogen and oxygen atoms in total. The minimum absolute atomic E-state index is 0.172. The Morgan fingerprint density at radius 3 is 2.17 bits per heavy atom. The molecule has 0 spiro atoms. The zero-order valence-corrected chi connectivity index (χ0v) is 20.1. The highest BCUT2D eigenvalue weighted by atomic mass is 28.3. The maximum absolute atomic E-state index is 13.2. The molecule has 1 rings (SSSR count). The summed E-state index contributed by atoms with van der Waals surface area (Å²) in [5, 5.41) is 0. The number of benzene rings is 1. The number of carbonyl (C=O) groups is 1. The Labute approximate surface area is 176 Å². The molecular formula is C23H35FNO3Si+. The summed E-state index contributed by atoms with van der Waals surface area (Å²) in [7, 11) is -1.45. The van der Waals surface area contributed by atoms with E-state index in [2.05, 4.69) is 37.8 Å². The second-order valence-corrected chi connectivity index (χ2v) is 14.3. The lowest BCUT2D eigenvalue weighted by Gasteiger charge is -2.27. The van der Waals surface area contributed by atoms with Gasteiger partial charge in [0.15, 0.2) is 0 Å². The normalized spacial score (nSPS) is 13.3. The van der Waals surface area contributed by atoms with Crippen molar-refractivity contribution in [2.24, 2.45) is 0 Å². The largest absolute Gasteiger partial charge is 0.598 e. The van der Waals surface area contributed by atoms with E-state index < -0.39 is 38.3 Å². The van der Waals surface area contributed by atoms with Crippen LogP contribution >= 0.6 is 0 Å². The summed E-state index contributed by atoms with van der Waals surface area (Å²) in [6, 6.07) is 7.62. The SMILES string of the molecule is C=[N+](C(=O)OC(C)(C)C)C(C)(C)OC(CCF)c1ccc(C#C[Si](C)(C)C)cc1. The first-order valence-electron chi connectivity index (χ1n) is 9.85. The van der Waals surface area contributed by atoms with E-state index in [1.165, 1.54) is 0 Å². The molecule has 0 bridgehead atoms. The van der Waals surface area contributed by atoms with E-state index >= 15 is 0 Å². The Morgan fingerprint density at radius 2 is 1.72 bits per heavy atom. The van der Waals surface area contributed by atoms with Gasteiger partial charge < -0.3 is 9.47 Å². The molecule has 1 atom stereocenters. The summed E-state index contributed by atoms with van der Waals surface area (Å²) >= 11 is 0. The van der Waals surface area contributed by atoms with Gasteiger partial charge in [0.25, 0.3) is 5.72 Å². The fourth-order valence-electron chi connectivity index (χ4n) is 2.38. The number of nitrogens with zero attached hydrogens (tertiary/aromatic N) is 1. The van der Waals surface area contributed by atoms with Gasteiger partial charge in [-0.2, -0.15) is 4.79 Å². The first kappa shape index (κ1) is 25.1. The maximum atomic E-state index is 13.2. The highest BCUT2D eigenvalue weighted by molar-refractivity contribution is 6.83. The van der Waals surface area contributed by atoms with Crippen LogP contribution in [0.4, 0.5) is 9.18 Å². The van der Waals surface area contributed by atoms with Gasteiger partial charge >= 0.3 is 6.09 Å². The predicted molar refractivity (Wildman–Crippen MR) is 119 cm³/mol. The van der Waals surface area contributed by atoms with Gasteiger partial charge in [-0.25, -0.2) is 0 Å². The lowest BCUT2D eigenvalue weighted by atomic mass is 10.0. The molecule has 0 N–H and O–H groups in total. The number of halogens is 1. The van der Waals surface area contributed by atoms with Crippen molar-refractivity contribution < 1.29 is 23.2 Å². The number of hydrogen-bond acceptors (Lipinski definition) is 3. The number of amides is 1. The Balaban J connectivity index is 3.00. The molecule has 0 fully saturated rings. The Bertz CT molecular complexity index is 778. The molecule has 0 aliphatic heterocycles. The van der Waals surface area contributed by atoms with Crippen LogP contribution in [0.2, 0.25) is 19.6 Å². The first-order valence-corrected chi connectivity index (χ1v) is 13.4. The van der Waals surface area contributed by atoms with Gasteiger partial charge in [0.05, 0.1) is 12.8 Å². The quantitative estimate of drug-likeness (QED) is 0.194. The molecule has 6 heteroatoms. The van der Waals surface area contributed by atoms with Gasteiger partial charge in [-0.1, -0.05) is 37.7 Å². The van der Waals surface area contributed by atoms with Crippen molar-refractivity contribution in [1.29, 1.82) is 0 Å². The molecule has 1 aromatic carbocycles. The third kappa shape index (κ3) is 8.93. The molecule has 0 heterocycles. The standard InChI is InChI=1S/C23H35FNO3Si/c1-22(2,3)28-21(26)25(6)23(4,5)27-20(14-16-24)19-12-10-18(11-13-19)15-17-29(7,8)9/h10-13,20H,6,14,16H2,1-5,7-9H3/q+1. The summed E-state index contributed by atoms with van der Waals surface area (Å²) in [5.41, 5.74) is 3.34. The van der Waals surface area contributed by atoms with Crippen LogP contribution in [0.3, 0.4) is 0 Å². The van der Waals surface area contributed by atoms with Crippen molar-refractivity contribution in [2.75, 3.05) is 6.67 Å². The van der Waals surface area contributed by atoms with E-state index in [-0.39, 0.29) is 6.42 Å². The Morgan fingerprint density at radius 1 is 1.17 bits per heavy atom. The monoisotopic (exact) mass is 420 g/mol. The number of rotatable bonds is 6. The van der Waals surface area contributed by atoms with Crippen LogP contribution in [0.1, 0.15) is 58.3 Å².